The van der Waals surface area contributed by atoms with Crippen LogP contribution in [0.4, 0.5) is 0 Å². The van der Waals surface area contributed by atoms with Crippen LogP contribution in [0, 0.1) is 13.8 Å². The number of rotatable bonds is 3. The highest BCUT2D eigenvalue weighted by molar-refractivity contribution is 6.30. The molecule has 0 spiro atoms. The number of ether oxygens (including phenoxy) is 3. The first-order valence-electron chi connectivity index (χ1n) is 8.04. The van der Waals surface area contributed by atoms with Crippen molar-refractivity contribution in [2.24, 2.45) is 0 Å². The summed E-state index contributed by atoms with van der Waals surface area (Å²) in [4.78, 5) is 4.09. The normalized spacial score (nSPS) is 14.5. The zero-order valence-electron chi connectivity index (χ0n) is 14.4. The van der Waals surface area contributed by atoms with Crippen molar-refractivity contribution in [2.45, 2.75) is 32.8 Å². The van der Waals surface area contributed by atoms with Gasteiger partial charge in [0.1, 0.15) is 17.6 Å². The molecule has 0 amide bonds. The van der Waals surface area contributed by atoms with Gasteiger partial charge in [-0.1, -0.05) is 11.6 Å². The van der Waals surface area contributed by atoms with Crippen LogP contribution in [0.5, 0.6) is 11.5 Å². The summed E-state index contributed by atoms with van der Waals surface area (Å²) in [5.41, 5.74) is 2.25. The van der Waals surface area contributed by atoms with E-state index in [1.54, 1.807) is 19.4 Å². The highest BCUT2D eigenvalue weighted by Gasteiger charge is 2.15. The Morgan fingerprint density at radius 2 is 1.71 bits per heavy atom. The summed E-state index contributed by atoms with van der Waals surface area (Å²) in [6, 6.07) is 7.63. The molecule has 5 heteroatoms. The molecule has 1 aromatic heterocycles. The molecule has 24 heavy (non-hydrogen) atoms. The molecular weight excluding hydrogens is 326 g/mol. The van der Waals surface area contributed by atoms with Gasteiger partial charge in [-0.2, -0.15) is 0 Å². The number of pyridine rings is 1. The third-order valence-electron chi connectivity index (χ3n) is 3.57. The number of nitrogens with zero attached hydrogens (tertiary/aromatic N) is 1. The highest BCUT2D eigenvalue weighted by atomic mass is 35.5. The van der Waals surface area contributed by atoms with Gasteiger partial charge in [0.05, 0.1) is 26.5 Å². The van der Waals surface area contributed by atoms with Crippen LogP contribution in [-0.2, 0) is 4.74 Å². The van der Waals surface area contributed by atoms with Crippen LogP contribution in [0.2, 0.25) is 5.02 Å². The van der Waals surface area contributed by atoms with Gasteiger partial charge < -0.3 is 14.2 Å². The van der Waals surface area contributed by atoms with Crippen molar-refractivity contribution in [3.05, 3.63) is 52.8 Å². The molecule has 130 valence electrons. The van der Waals surface area contributed by atoms with Crippen molar-refractivity contribution in [2.75, 3.05) is 20.3 Å². The lowest BCUT2D eigenvalue weighted by molar-refractivity contribution is 0.0254. The molecule has 4 nitrogen and oxygen atoms in total. The lowest BCUT2D eigenvalue weighted by atomic mass is 10.1. The van der Waals surface area contributed by atoms with Gasteiger partial charge in [-0.05, 0) is 49.2 Å². The van der Waals surface area contributed by atoms with E-state index in [4.69, 9.17) is 25.8 Å². The Bertz CT molecular complexity index is 622. The number of aromatic nitrogens is 1. The van der Waals surface area contributed by atoms with Gasteiger partial charge in [-0.3, -0.25) is 4.98 Å². The van der Waals surface area contributed by atoms with E-state index in [2.05, 4.69) is 4.98 Å². The summed E-state index contributed by atoms with van der Waals surface area (Å²) in [5, 5.41) is 0.719. The molecule has 1 aliphatic rings. The zero-order valence-corrected chi connectivity index (χ0v) is 15.2. The summed E-state index contributed by atoms with van der Waals surface area (Å²) in [7, 11) is 1.63. The fourth-order valence-corrected chi connectivity index (χ4v) is 2.68. The van der Waals surface area contributed by atoms with Crippen LogP contribution >= 0.6 is 11.6 Å². The average Bonchev–Trinajstić information content (AvgIpc) is 2.55. The summed E-state index contributed by atoms with van der Waals surface area (Å²) in [5.74, 6) is 1.68. The minimum Gasteiger partial charge on any atom is -0.497 e. The van der Waals surface area contributed by atoms with Crippen molar-refractivity contribution in [1.29, 1.82) is 0 Å². The third kappa shape index (κ3) is 6.38. The topological polar surface area (TPSA) is 40.6 Å². The Labute approximate surface area is 148 Å². The molecule has 0 atom stereocenters. The smallest absolute Gasteiger partial charge is 0.138 e. The lowest BCUT2D eigenvalue weighted by Gasteiger charge is -2.23. The van der Waals surface area contributed by atoms with E-state index in [0.29, 0.717) is 6.10 Å². The Balaban J connectivity index is 0.000000185. The second-order valence-electron chi connectivity index (χ2n) is 5.80. The minimum atomic E-state index is 0.298. The van der Waals surface area contributed by atoms with E-state index in [9.17, 15) is 0 Å². The lowest BCUT2D eigenvalue weighted by Crippen LogP contribution is -2.25. The van der Waals surface area contributed by atoms with E-state index in [1.165, 1.54) is 0 Å². The second-order valence-corrected chi connectivity index (χ2v) is 6.23. The molecule has 1 aliphatic heterocycles. The fraction of sp³-hybridized carbons (Fsp3) is 0.421. The Kier molecular flexibility index (Phi) is 7.35. The fourth-order valence-electron chi connectivity index (χ4n) is 2.40. The van der Waals surface area contributed by atoms with Gasteiger partial charge in [-0.15, -0.1) is 0 Å². The standard InChI is InChI=1S/C11H15NO2.C8H9ClO/c1-9-6-11(8-12-7-9)14-10-2-4-13-5-3-10;1-6-3-7(9)5-8(4-6)10-2/h6-8,10H,2-5H2,1H3;3-5H,1-2H3. The predicted molar refractivity (Wildman–Crippen MR) is 96.2 cm³/mol. The van der Waals surface area contributed by atoms with Crippen molar-refractivity contribution in [1.82, 2.24) is 4.98 Å². The summed E-state index contributed by atoms with van der Waals surface area (Å²) < 4.78 is 16.1. The van der Waals surface area contributed by atoms with Crippen LogP contribution in [0.1, 0.15) is 24.0 Å². The van der Waals surface area contributed by atoms with Crippen molar-refractivity contribution >= 4 is 11.6 Å². The number of benzene rings is 1. The molecule has 0 bridgehead atoms. The molecule has 0 unspecified atom stereocenters. The first-order valence-corrected chi connectivity index (χ1v) is 8.42. The van der Waals surface area contributed by atoms with Crippen molar-refractivity contribution in [3.63, 3.8) is 0 Å². The SMILES string of the molecule is COc1cc(C)cc(Cl)c1.Cc1cncc(OC2CCOCC2)c1. The second kappa shape index (κ2) is 9.50. The third-order valence-corrected chi connectivity index (χ3v) is 3.79. The molecule has 0 aliphatic carbocycles. The predicted octanol–water partition coefficient (Wildman–Crippen LogP) is 4.60. The zero-order chi connectivity index (χ0) is 17.4. The number of halogens is 1. The molecule has 2 heterocycles. The number of methoxy groups -OCH3 is 1. The monoisotopic (exact) mass is 349 g/mol. The largest absolute Gasteiger partial charge is 0.497 e. The van der Waals surface area contributed by atoms with Crippen molar-refractivity contribution in [3.8, 4) is 11.5 Å². The van der Waals surface area contributed by atoms with Gasteiger partial charge in [0, 0.05) is 24.1 Å². The van der Waals surface area contributed by atoms with E-state index < -0.39 is 0 Å². The summed E-state index contributed by atoms with van der Waals surface area (Å²) in [6.07, 6.45) is 5.86. The Morgan fingerprint density at radius 3 is 2.33 bits per heavy atom. The van der Waals surface area contributed by atoms with Crippen molar-refractivity contribution < 1.29 is 14.2 Å². The molecule has 2 aromatic rings. The first-order chi connectivity index (χ1) is 11.6. The average molecular weight is 350 g/mol. The molecule has 0 N–H and O–H groups in total. The van der Waals surface area contributed by atoms with Crippen LogP contribution in [0.25, 0.3) is 0 Å². The van der Waals surface area contributed by atoms with Crippen LogP contribution < -0.4 is 9.47 Å². The maximum absolute atomic E-state index is 5.79. The first kappa shape index (κ1) is 18.6. The summed E-state index contributed by atoms with van der Waals surface area (Å²) >= 11 is 5.75. The van der Waals surface area contributed by atoms with Crippen LogP contribution in [0.3, 0.4) is 0 Å². The summed E-state index contributed by atoms with van der Waals surface area (Å²) in [6.45, 7) is 5.62. The van der Waals surface area contributed by atoms with Crippen LogP contribution in [-0.4, -0.2) is 31.4 Å². The van der Waals surface area contributed by atoms with Gasteiger partial charge in [0.2, 0.25) is 0 Å². The van der Waals surface area contributed by atoms with Gasteiger partial charge in [-0.25, -0.2) is 0 Å². The van der Waals surface area contributed by atoms with E-state index in [0.717, 1.165) is 53.7 Å². The van der Waals surface area contributed by atoms with E-state index in [-0.39, 0.29) is 0 Å². The number of aryl methyl sites for hydroxylation is 2. The highest BCUT2D eigenvalue weighted by Crippen LogP contribution is 2.19. The number of hydrogen-bond acceptors (Lipinski definition) is 4. The molecule has 1 saturated heterocycles. The minimum absolute atomic E-state index is 0.298. The maximum Gasteiger partial charge on any atom is 0.138 e. The van der Waals surface area contributed by atoms with Gasteiger partial charge in [0.15, 0.2) is 0 Å². The Morgan fingerprint density at radius 1 is 1.00 bits per heavy atom. The number of hydrogen-bond donors (Lipinski definition) is 0. The Hall–Kier alpha value is -1.78. The molecule has 0 saturated carbocycles. The molecular formula is C19H24ClNO3. The quantitative estimate of drug-likeness (QED) is 0.811. The van der Waals surface area contributed by atoms with E-state index >= 15 is 0 Å². The van der Waals surface area contributed by atoms with E-state index in [1.807, 2.05) is 38.2 Å². The molecule has 3 rings (SSSR count). The van der Waals surface area contributed by atoms with Crippen LogP contribution in [0.15, 0.2) is 36.7 Å². The maximum atomic E-state index is 5.79. The van der Waals surface area contributed by atoms with Gasteiger partial charge >= 0.3 is 0 Å². The molecule has 0 radical (unpaired) electrons. The van der Waals surface area contributed by atoms with Gasteiger partial charge in [0.25, 0.3) is 0 Å². The molecule has 1 aromatic carbocycles. The molecule has 1 fully saturated rings.